The second-order valence-electron chi connectivity index (χ2n) is 5.93. The fourth-order valence-corrected chi connectivity index (χ4v) is 2.22. The van der Waals surface area contributed by atoms with Crippen molar-refractivity contribution in [1.29, 1.82) is 0 Å². The van der Waals surface area contributed by atoms with Gasteiger partial charge in [-0.3, -0.25) is 9.48 Å². The van der Waals surface area contributed by atoms with Crippen LogP contribution in [0.5, 0.6) is 0 Å². The molecule has 1 aliphatic rings. The molecule has 1 aromatic rings. The fraction of sp³-hybridized carbons (Fsp3) is 0.714. The van der Waals surface area contributed by atoms with Gasteiger partial charge >= 0.3 is 0 Å². The Balaban J connectivity index is 1.96. The van der Waals surface area contributed by atoms with Crippen molar-refractivity contribution in [2.45, 2.75) is 53.0 Å². The summed E-state index contributed by atoms with van der Waals surface area (Å²) in [6.45, 7) is 8.60. The molecule has 0 radical (unpaired) electrons. The van der Waals surface area contributed by atoms with Gasteiger partial charge in [-0.25, -0.2) is 0 Å². The third kappa shape index (κ3) is 2.59. The van der Waals surface area contributed by atoms with Crippen LogP contribution in [-0.4, -0.2) is 15.6 Å². The van der Waals surface area contributed by atoms with Crippen molar-refractivity contribution in [2.24, 2.45) is 11.3 Å². The molecular weight excluding hydrogens is 212 g/mol. The molecule has 1 saturated carbocycles. The molecule has 17 heavy (non-hydrogen) atoms. The van der Waals surface area contributed by atoms with Crippen LogP contribution < -0.4 is 0 Å². The number of nitrogens with zero attached hydrogens (tertiary/aromatic N) is 2. The van der Waals surface area contributed by atoms with E-state index in [4.69, 9.17) is 0 Å². The Morgan fingerprint density at radius 3 is 2.82 bits per heavy atom. The predicted octanol–water partition coefficient (Wildman–Crippen LogP) is 3.01. The molecule has 0 amide bonds. The molecular formula is C14H22N2O. The van der Waals surface area contributed by atoms with Crippen LogP contribution in [0.25, 0.3) is 0 Å². The standard InChI is InChI=1S/C14H22N2O/c1-5-10(2)16-7-6-11(15-16)8-13(17)12-9-14(12,3)4/h6-7,10,12H,5,8-9H2,1-4H3. The molecule has 0 aliphatic heterocycles. The van der Waals surface area contributed by atoms with E-state index in [0.29, 0.717) is 18.2 Å². The first-order chi connectivity index (χ1) is 7.94. The first-order valence-electron chi connectivity index (χ1n) is 6.51. The van der Waals surface area contributed by atoms with Crippen molar-refractivity contribution in [2.75, 3.05) is 0 Å². The summed E-state index contributed by atoms with van der Waals surface area (Å²) in [4.78, 5) is 12.0. The van der Waals surface area contributed by atoms with E-state index in [1.165, 1.54) is 0 Å². The van der Waals surface area contributed by atoms with Gasteiger partial charge in [0.05, 0.1) is 12.1 Å². The highest BCUT2D eigenvalue weighted by molar-refractivity contribution is 5.86. The molecule has 0 N–H and O–H groups in total. The number of carbonyl (C=O) groups excluding carboxylic acids is 1. The average Bonchev–Trinajstić information content (AvgIpc) is 2.72. The summed E-state index contributed by atoms with van der Waals surface area (Å²) >= 11 is 0. The zero-order valence-electron chi connectivity index (χ0n) is 11.2. The van der Waals surface area contributed by atoms with Crippen LogP contribution in [0.3, 0.4) is 0 Å². The third-order valence-corrected chi connectivity index (χ3v) is 3.96. The molecule has 0 saturated heterocycles. The van der Waals surface area contributed by atoms with E-state index in [1.54, 1.807) is 0 Å². The Morgan fingerprint density at radius 2 is 2.29 bits per heavy atom. The largest absolute Gasteiger partial charge is 0.299 e. The Labute approximate surface area is 103 Å². The molecule has 2 rings (SSSR count). The smallest absolute Gasteiger partial charge is 0.142 e. The molecule has 3 heteroatoms. The third-order valence-electron chi connectivity index (χ3n) is 3.96. The summed E-state index contributed by atoms with van der Waals surface area (Å²) in [5, 5.41) is 4.47. The van der Waals surface area contributed by atoms with Gasteiger partial charge in [-0.1, -0.05) is 20.8 Å². The molecule has 2 unspecified atom stereocenters. The zero-order valence-corrected chi connectivity index (χ0v) is 11.2. The van der Waals surface area contributed by atoms with Gasteiger partial charge in [0.1, 0.15) is 5.78 Å². The molecule has 2 atom stereocenters. The van der Waals surface area contributed by atoms with Crippen LogP contribution in [0.1, 0.15) is 52.3 Å². The maximum Gasteiger partial charge on any atom is 0.142 e. The van der Waals surface area contributed by atoms with Crippen molar-refractivity contribution >= 4 is 5.78 Å². The number of rotatable bonds is 5. The van der Waals surface area contributed by atoms with Crippen LogP contribution in [0.4, 0.5) is 0 Å². The van der Waals surface area contributed by atoms with E-state index >= 15 is 0 Å². The lowest BCUT2D eigenvalue weighted by atomic mass is 10.0. The van der Waals surface area contributed by atoms with Gasteiger partial charge in [0.2, 0.25) is 0 Å². The van der Waals surface area contributed by atoms with Gasteiger partial charge in [-0.05, 0) is 31.2 Å². The second kappa shape index (κ2) is 4.28. The first-order valence-corrected chi connectivity index (χ1v) is 6.51. The van der Waals surface area contributed by atoms with E-state index in [9.17, 15) is 4.79 Å². The van der Waals surface area contributed by atoms with E-state index in [2.05, 4.69) is 32.8 Å². The number of hydrogen-bond donors (Lipinski definition) is 0. The molecule has 94 valence electrons. The predicted molar refractivity (Wildman–Crippen MR) is 67.8 cm³/mol. The van der Waals surface area contributed by atoms with Gasteiger partial charge in [0.25, 0.3) is 0 Å². The normalized spacial score (nSPS) is 23.4. The van der Waals surface area contributed by atoms with Gasteiger partial charge in [0.15, 0.2) is 0 Å². The van der Waals surface area contributed by atoms with Crippen LogP contribution >= 0.6 is 0 Å². The number of ketones is 1. The Bertz CT molecular complexity index is 420. The molecule has 1 fully saturated rings. The van der Waals surface area contributed by atoms with Crippen molar-refractivity contribution < 1.29 is 4.79 Å². The van der Waals surface area contributed by atoms with Crippen molar-refractivity contribution in [1.82, 2.24) is 9.78 Å². The Hall–Kier alpha value is -1.12. The molecule has 0 aromatic carbocycles. The van der Waals surface area contributed by atoms with Crippen LogP contribution in [-0.2, 0) is 11.2 Å². The average molecular weight is 234 g/mol. The van der Waals surface area contributed by atoms with Crippen molar-refractivity contribution in [3.05, 3.63) is 18.0 Å². The summed E-state index contributed by atoms with van der Waals surface area (Å²) in [5.41, 5.74) is 1.15. The minimum Gasteiger partial charge on any atom is -0.299 e. The summed E-state index contributed by atoms with van der Waals surface area (Å²) < 4.78 is 1.96. The van der Waals surface area contributed by atoms with Crippen molar-refractivity contribution in [3.63, 3.8) is 0 Å². The number of Topliss-reactive ketones (excluding diaryl/α,β-unsaturated/α-hetero) is 1. The summed E-state index contributed by atoms with van der Waals surface area (Å²) in [6.07, 6.45) is 4.58. The van der Waals surface area contributed by atoms with Gasteiger partial charge in [-0.2, -0.15) is 5.10 Å². The molecule has 1 aliphatic carbocycles. The molecule has 0 spiro atoms. The highest BCUT2D eigenvalue weighted by Gasteiger charge is 2.49. The lowest BCUT2D eigenvalue weighted by Gasteiger charge is -2.08. The summed E-state index contributed by atoms with van der Waals surface area (Å²) in [7, 11) is 0. The summed E-state index contributed by atoms with van der Waals surface area (Å²) in [6, 6.07) is 2.38. The van der Waals surface area contributed by atoms with Crippen LogP contribution in [0.15, 0.2) is 12.3 Å². The van der Waals surface area contributed by atoms with Gasteiger partial charge in [0, 0.05) is 18.2 Å². The second-order valence-corrected chi connectivity index (χ2v) is 5.93. The van der Waals surface area contributed by atoms with E-state index in [1.807, 2.05) is 16.9 Å². The number of carbonyl (C=O) groups is 1. The monoisotopic (exact) mass is 234 g/mol. The molecule has 1 heterocycles. The van der Waals surface area contributed by atoms with E-state index in [0.717, 1.165) is 18.5 Å². The fourth-order valence-electron chi connectivity index (χ4n) is 2.22. The lowest BCUT2D eigenvalue weighted by molar-refractivity contribution is -0.120. The highest BCUT2D eigenvalue weighted by atomic mass is 16.1. The van der Waals surface area contributed by atoms with E-state index < -0.39 is 0 Å². The molecule has 1 aromatic heterocycles. The Morgan fingerprint density at radius 1 is 1.65 bits per heavy atom. The van der Waals surface area contributed by atoms with Crippen LogP contribution in [0, 0.1) is 11.3 Å². The lowest BCUT2D eigenvalue weighted by Crippen LogP contribution is -2.11. The zero-order chi connectivity index (χ0) is 12.6. The van der Waals surface area contributed by atoms with Crippen molar-refractivity contribution in [3.8, 4) is 0 Å². The maximum atomic E-state index is 12.0. The van der Waals surface area contributed by atoms with Gasteiger partial charge in [-0.15, -0.1) is 0 Å². The minimum absolute atomic E-state index is 0.232. The quantitative estimate of drug-likeness (QED) is 0.785. The number of hydrogen-bond acceptors (Lipinski definition) is 2. The first kappa shape index (κ1) is 12.3. The highest BCUT2D eigenvalue weighted by Crippen LogP contribution is 2.52. The van der Waals surface area contributed by atoms with Crippen LogP contribution in [0.2, 0.25) is 0 Å². The SMILES string of the molecule is CCC(C)n1ccc(CC(=O)C2CC2(C)C)n1. The Kier molecular flexibility index (Phi) is 3.11. The number of aromatic nitrogens is 2. The van der Waals surface area contributed by atoms with E-state index in [-0.39, 0.29) is 11.3 Å². The summed E-state index contributed by atoms with van der Waals surface area (Å²) in [5.74, 6) is 0.612. The molecule has 3 nitrogen and oxygen atoms in total. The van der Waals surface area contributed by atoms with Gasteiger partial charge < -0.3 is 0 Å². The topological polar surface area (TPSA) is 34.9 Å². The minimum atomic E-state index is 0.232. The maximum absolute atomic E-state index is 12.0. The molecule has 0 bridgehead atoms.